The van der Waals surface area contributed by atoms with Gasteiger partial charge in [0.1, 0.15) is 0 Å². The normalized spacial score (nSPS) is 15.0. The van der Waals surface area contributed by atoms with Gasteiger partial charge in [-0.15, -0.1) is 11.3 Å². The van der Waals surface area contributed by atoms with Gasteiger partial charge in [0.2, 0.25) is 5.91 Å². The molecule has 7 heteroatoms. The Hall–Kier alpha value is -1.92. The van der Waals surface area contributed by atoms with Crippen LogP contribution in [0.5, 0.6) is 0 Å². The van der Waals surface area contributed by atoms with Gasteiger partial charge in [0.25, 0.3) is 0 Å². The molecule has 0 aliphatic heterocycles. The molecule has 1 saturated carbocycles. The molecule has 3 rings (SSSR count). The monoisotopic (exact) mass is 350 g/mol. The van der Waals surface area contributed by atoms with Crippen LogP contribution in [0.15, 0.2) is 29.6 Å². The van der Waals surface area contributed by atoms with Crippen molar-refractivity contribution in [2.75, 3.05) is 11.9 Å². The molecule has 1 aliphatic rings. The number of carbonyl (C=O) groups excluding carboxylic acids is 2. The molecular formula is C16H15ClN2O3S. The summed E-state index contributed by atoms with van der Waals surface area (Å²) in [5, 5.41) is 5.43. The lowest BCUT2D eigenvalue weighted by Gasteiger charge is -2.14. The number of ether oxygens (including phenoxy) is 1. The summed E-state index contributed by atoms with van der Waals surface area (Å²) in [6, 6.07) is 7.32. The topological polar surface area (TPSA) is 68.3 Å². The summed E-state index contributed by atoms with van der Waals surface area (Å²) < 4.78 is 4.89. The van der Waals surface area contributed by atoms with E-state index in [1.807, 2.05) is 12.1 Å². The molecule has 0 spiro atoms. The molecule has 1 heterocycles. The van der Waals surface area contributed by atoms with Gasteiger partial charge in [-0.3, -0.25) is 4.79 Å². The first-order valence-corrected chi connectivity index (χ1v) is 8.51. The maximum absolute atomic E-state index is 12.6. The van der Waals surface area contributed by atoms with Crippen molar-refractivity contribution in [3.8, 4) is 0 Å². The van der Waals surface area contributed by atoms with Gasteiger partial charge in [0.05, 0.1) is 12.0 Å². The summed E-state index contributed by atoms with van der Waals surface area (Å²) in [5.41, 5.74) is 0.644. The highest BCUT2D eigenvalue weighted by atomic mass is 35.5. The van der Waals surface area contributed by atoms with Crippen molar-refractivity contribution >= 4 is 39.9 Å². The fourth-order valence-electron chi connectivity index (χ4n) is 2.39. The van der Waals surface area contributed by atoms with E-state index in [-0.39, 0.29) is 18.2 Å². The van der Waals surface area contributed by atoms with E-state index in [2.05, 4.69) is 10.3 Å². The van der Waals surface area contributed by atoms with E-state index in [0.29, 0.717) is 10.2 Å². The Morgan fingerprint density at radius 3 is 2.65 bits per heavy atom. The van der Waals surface area contributed by atoms with Crippen LogP contribution in [0.1, 0.15) is 35.8 Å². The number of thiazole rings is 1. The summed E-state index contributed by atoms with van der Waals surface area (Å²) in [6.07, 6.45) is 1.58. The van der Waals surface area contributed by atoms with Crippen LogP contribution in [-0.4, -0.2) is 23.5 Å². The molecule has 2 aromatic rings. The number of carbonyl (C=O) groups is 2. The second-order valence-corrected chi connectivity index (χ2v) is 6.60. The summed E-state index contributed by atoms with van der Waals surface area (Å²) in [5.74, 6) is -0.590. The van der Waals surface area contributed by atoms with Gasteiger partial charge in [0.15, 0.2) is 10.8 Å². The zero-order valence-corrected chi connectivity index (χ0v) is 14.0. The van der Waals surface area contributed by atoms with Crippen LogP contribution in [0.3, 0.4) is 0 Å². The summed E-state index contributed by atoms with van der Waals surface area (Å²) in [4.78, 5) is 28.3. The Kier molecular flexibility index (Phi) is 4.37. The van der Waals surface area contributed by atoms with Crippen molar-refractivity contribution in [1.29, 1.82) is 0 Å². The number of amides is 1. The van der Waals surface area contributed by atoms with Crippen molar-refractivity contribution in [3.63, 3.8) is 0 Å². The minimum atomic E-state index is -0.514. The molecule has 0 atom stereocenters. The quantitative estimate of drug-likeness (QED) is 0.836. The number of anilines is 1. The van der Waals surface area contributed by atoms with Gasteiger partial charge in [-0.25, -0.2) is 9.78 Å². The third-order valence-electron chi connectivity index (χ3n) is 3.79. The lowest BCUT2D eigenvalue weighted by atomic mass is 9.95. The minimum absolute atomic E-state index is 0.107. The third-order valence-corrected chi connectivity index (χ3v) is 4.80. The first kappa shape index (κ1) is 16.0. The summed E-state index contributed by atoms with van der Waals surface area (Å²) >= 11 is 7.11. The van der Waals surface area contributed by atoms with Crippen molar-refractivity contribution in [3.05, 3.63) is 45.9 Å². The van der Waals surface area contributed by atoms with Crippen LogP contribution in [-0.2, 0) is 14.9 Å². The molecule has 23 heavy (non-hydrogen) atoms. The molecule has 0 unspecified atom stereocenters. The van der Waals surface area contributed by atoms with Crippen LogP contribution in [0.25, 0.3) is 0 Å². The summed E-state index contributed by atoms with van der Waals surface area (Å²) in [6.45, 7) is 2.02. The predicted molar refractivity (Wildman–Crippen MR) is 89.1 cm³/mol. The lowest BCUT2D eigenvalue weighted by Crippen LogP contribution is -2.27. The highest BCUT2D eigenvalue weighted by Crippen LogP contribution is 2.49. The zero-order valence-electron chi connectivity index (χ0n) is 12.5. The van der Waals surface area contributed by atoms with E-state index in [1.165, 1.54) is 11.3 Å². The number of benzene rings is 1. The summed E-state index contributed by atoms with van der Waals surface area (Å²) in [7, 11) is 0. The average molecular weight is 351 g/mol. The van der Waals surface area contributed by atoms with E-state index in [0.717, 1.165) is 18.4 Å². The standard InChI is InChI=1S/C16H15ClN2O3S/c1-2-22-13(20)12-9-23-15(18-12)19-14(21)16(7-8-16)10-3-5-11(17)6-4-10/h3-6,9H,2,7-8H2,1H3,(H,18,19,21). The van der Waals surface area contributed by atoms with Crippen molar-refractivity contribution < 1.29 is 14.3 Å². The van der Waals surface area contributed by atoms with E-state index in [4.69, 9.17) is 16.3 Å². The van der Waals surface area contributed by atoms with Gasteiger partial charge in [-0.05, 0) is 37.5 Å². The number of hydrogen-bond donors (Lipinski definition) is 1. The molecule has 1 aromatic carbocycles. The fraction of sp³-hybridized carbons (Fsp3) is 0.312. The Balaban J connectivity index is 1.72. The van der Waals surface area contributed by atoms with Gasteiger partial charge in [-0.2, -0.15) is 0 Å². The van der Waals surface area contributed by atoms with E-state index < -0.39 is 11.4 Å². The minimum Gasteiger partial charge on any atom is -0.461 e. The molecule has 1 aromatic heterocycles. The molecule has 1 amide bonds. The number of aromatic nitrogens is 1. The lowest BCUT2D eigenvalue weighted by molar-refractivity contribution is -0.118. The molecule has 1 N–H and O–H groups in total. The largest absolute Gasteiger partial charge is 0.461 e. The number of esters is 1. The van der Waals surface area contributed by atoms with Crippen LogP contribution >= 0.6 is 22.9 Å². The van der Waals surface area contributed by atoms with Crippen LogP contribution < -0.4 is 5.32 Å². The molecular weight excluding hydrogens is 336 g/mol. The Labute approximate surface area is 142 Å². The van der Waals surface area contributed by atoms with Crippen molar-refractivity contribution in [1.82, 2.24) is 4.98 Å². The Morgan fingerprint density at radius 1 is 1.35 bits per heavy atom. The van der Waals surface area contributed by atoms with E-state index in [1.54, 1.807) is 24.4 Å². The van der Waals surface area contributed by atoms with Crippen LogP contribution in [0, 0.1) is 0 Å². The van der Waals surface area contributed by atoms with Gasteiger partial charge >= 0.3 is 5.97 Å². The zero-order chi connectivity index (χ0) is 16.4. The van der Waals surface area contributed by atoms with Gasteiger partial charge in [-0.1, -0.05) is 23.7 Å². The van der Waals surface area contributed by atoms with Crippen LogP contribution in [0.2, 0.25) is 5.02 Å². The van der Waals surface area contributed by atoms with Crippen LogP contribution in [0.4, 0.5) is 5.13 Å². The SMILES string of the molecule is CCOC(=O)c1csc(NC(=O)C2(c3ccc(Cl)cc3)CC2)n1. The third kappa shape index (κ3) is 3.23. The van der Waals surface area contributed by atoms with E-state index in [9.17, 15) is 9.59 Å². The number of hydrogen-bond acceptors (Lipinski definition) is 5. The predicted octanol–water partition coefficient (Wildman–Crippen LogP) is 3.64. The Bertz CT molecular complexity index is 738. The second-order valence-electron chi connectivity index (χ2n) is 5.30. The highest BCUT2D eigenvalue weighted by molar-refractivity contribution is 7.14. The molecule has 1 aliphatic carbocycles. The number of nitrogens with zero attached hydrogens (tertiary/aromatic N) is 1. The highest BCUT2D eigenvalue weighted by Gasteiger charge is 2.51. The first-order valence-electron chi connectivity index (χ1n) is 7.25. The fourth-order valence-corrected chi connectivity index (χ4v) is 3.19. The first-order chi connectivity index (χ1) is 11.0. The number of nitrogens with one attached hydrogen (secondary N) is 1. The second kappa shape index (κ2) is 6.29. The average Bonchev–Trinajstić information content (AvgIpc) is 3.22. The van der Waals surface area contributed by atoms with Crippen molar-refractivity contribution in [2.45, 2.75) is 25.2 Å². The Morgan fingerprint density at radius 2 is 2.04 bits per heavy atom. The molecule has 5 nitrogen and oxygen atoms in total. The maximum Gasteiger partial charge on any atom is 0.357 e. The molecule has 120 valence electrons. The molecule has 1 fully saturated rings. The smallest absolute Gasteiger partial charge is 0.357 e. The van der Waals surface area contributed by atoms with E-state index >= 15 is 0 Å². The number of halogens is 1. The number of rotatable bonds is 5. The van der Waals surface area contributed by atoms with Gasteiger partial charge < -0.3 is 10.1 Å². The maximum atomic E-state index is 12.6. The molecule has 0 radical (unpaired) electrons. The van der Waals surface area contributed by atoms with Crippen molar-refractivity contribution in [2.24, 2.45) is 0 Å². The molecule has 0 saturated heterocycles. The molecule has 0 bridgehead atoms. The van der Waals surface area contributed by atoms with Gasteiger partial charge in [0, 0.05) is 10.4 Å².